The minimum atomic E-state index is -1.03. The molecule has 2 rings (SSSR count). The number of nitrogens with one attached hydrogen (secondary N) is 1. The summed E-state index contributed by atoms with van der Waals surface area (Å²) in [5.74, 6) is -0.473. The number of aromatic nitrogens is 1. The van der Waals surface area contributed by atoms with Crippen molar-refractivity contribution in [3.8, 4) is 0 Å². The van der Waals surface area contributed by atoms with Gasteiger partial charge in [-0.2, -0.15) is 4.37 Å². The lowest BCUT2D eigenvalue weighted by Gasteiger charge is -2.00. The molecule has 1 heterocycles. The summed E-state index contributed by atoms with van der Waals surface area (Å²) >= 11 is 1.33. The van der Waals surface area contributed by atoms with E-state index >= 15 is 0 Å². The van der Waals surface area contributed by atoms with Crippen LogP contribution in [0.1, 0.15) is 0 Å². The molecule has 0 radical (unpaired) electrons. The molecule has 2 N–H and O–H groups in total. The van der Waals surface area contributed by atoms with Crippen molar-refractivity contribution < 1.29 is 14.7 Å². The predicted molar refractivity (Wildman–Crippen MR) is 56.8 cm³/mol. The minimum Gasteiger partial charge on any atom is -0.479 e. The summed E-state index contributed by atoms with van der Waals surface area (Å²) in [6.45, 7) is -0.397. The van der Waals surface area contributed by atoms with Gasteiger partial charge in [0.25, 0.3) is 0 Å². The second-order valence-corrected chi connectivity index (χ2v) is 3.62. The molecule has 0 saturated carbocycles. The first kappa shape index (κ1) is 9.88. The van der Waals surface area contributed by atoms with E-state index < -0.39 is 12.6 Å². The Bertz CT molecular complexity index is 483. The van der Waals surface area contributed by atoms with Crippen molar-refractivity contribution in [3.05, 3.63) is 24.3 Å². The van der Waals surface area contributed by atoms with Crippen LogP contribution in [0.25, 0.3) is 10.1 Å². The van der Waals surface area contributed by atoms with Gasteiger partial charge in [-0.05, 0) is 23.7 Å². The number of hydrogen-bond donors (Lipinski definition) is 2. The van der Waals surface area contributed by atoms with Crippen LogP contribution in [-0.2, 0) is 9.63 Å². The largest absolute Gasteiger partial charge is 0.479 e. The molecule has 0 atom stereocenters. The molecule has 1 aromatic heterocycles. The third kappa shape index (κ3) is 2.23. The fourth-order valence-corrected chi connectivity index (χ4v) is 1.85. The zero-order chi connectivity index (χ0) is 10.7. The molecule has 6 heteroatoms. The fraction of sp³-hybridized carbons (Fsp3) is 0.111. The van der Waals surface area contributed by atoms with Crippen LogP contribution < -0.4 is 5.48 Å². The highest BCUT2D eigenvalue weighted by atomic mass is 32.1. The molecular formula is C9H8N2O3S. The first-order valence-corrected chi connectivity index (χ1v) is 4.99. The number of carboxylic acid groups (broad SMARTS) is 1. The zero-order valence-electron chi connectivity index (χ0n) is 7.64. The molecule has 0 aliphatic heterocycles. The standard InChI is InChI=1S/C9H8N2O3S/c12-8(13)5-14-10-9-6-3-1-2-4-7(6)15-11-9/h1-4H,5H2,(H,10,11)(H,12,13). The van der Waals surface area contributed by atoms with Crippen LogP contribution in [0.15, 0.2) is 24.3 Å². The van der Waals surface area contributed by atoms with E-state index in [1.54, 1.807) is 0 Å². The Morgan fingerprint density at radius 2 is 2.33 bits per heavy atom. The number of carbonyl (C=O) groups is 1. The Kier molecular flexibility index (Phi) is 2.79. The number of anilines is 1. The normalized spacial score (nSPS) is 10.4. The van der Waals surface area contributed by atoms with Crippen LogP contribution >= 0.6 is 11.5 Å². The summed E-state index contributed by atoms with van der Waals surface area (Å²) in [7, 11) is 0. The Balaban J connectivity index is 2.11. The maximum absolute atomic E-state index is 10.2. The molecular weight excluding hydrogens is 216 g/mol. The predicted octanol–water partition coefficient (Wildman–Crippen LogP) is 1.72. The zero-order valence-corrected chi connectivity index (χ0v) is 8.45. The molecule has 15 heavy (non-hydrogen) atoms. The third-order valence-corrected chi connectivity index (χ3v) is 2.57. The Morgan fingerprint density at radius 1 is 1.53 bits per heavy atom. The van der Waals surface area contributed by atoms with E-state index in [1.165, 1.54) is 11.5 Å². The molecule has 0 saturated heterocycles. The number of nitrogens with zero attached hydrogens (tertiary/aromatic N) is 1. The SMILES string of the molecule is O=C(O)CONc1nsc2ccccc12. The van der Waals surface area contributed by atoms with Gasteiger partial charge in [-0.3, -0.25) is 4.84 Å². The van der Waals surface area contributed by atoms with Gasteiger partial charge in [-0.15, -0.1) is 0 Å². The summed E-state index contributed by atoms with van der Waals surface area (Å²) in [4.78, 5) is 15.0. The highest BCUT2D eigenvalue weighted by Gasteiger charge is 2.05. The minimum absolute atomic E-state index is 0.397. The highest BCUT2D eigenvalue weighted by molar-refractivity contribution is 7.13. The van der Waals surface area contributed by atoms with Crippen molar-refractivity contribution >= 4 is 33.4 Å². The number of fused-ring (bicyclic) bond motifs is 1. The fourth-order valence-electron chi connectivity index (χ4n) is 1.13. The van der Waals surface area contributed by atoms with Gasteiger partial charge >= 0.3 is 5.97 Å². The summed E-state index contributed by atoms with van der Waals surface area (Å²) < 4.78 is 5.13. The number of benzene rings is 1. The van der Waals surface area contributed by atoms with E-state index in [0.717, 1.165) is 10.1 Å². The molecule has 2 aromatic rings. The van der Waals surface area contributed by atoms with Crippen LogP contribution in [0.4, 0.5) is 5.82 Å². The van der Waals surface area contributed by atoms with Gasteiger partial charge < -0.3 is 5.11 Å². The first-order chi connectivity index (χ1) is 7.27. The summed E-state index contributed by atoms with van der Waals surface area (Å²) in [6, 6.07) is 7.64. The Labute approximate surface area is 89.4 Å². The number of hydrogen-bond acceptors (Lipinski definition) is 5. The molecule has 0 amide bonds. The van der Waals surface area contributed by atoms with Gasteiger partial charge in [0.1, 0.15) is 0 Å². The smallest absolute Gasteiger partial charge is 0.332 e. The molecule has 0 aliphatic rings. The lowest BCUT2D eigenvalue weighted by molar-refractivity contribution is -0.141. The van der Waals surface area contributed by atoms with E-state index in [4.69, 9.17) is 9.94 Å². The highest BCUT2D eigenvalue weighted by Crippen LogP contribution is 2.25. The van der Waals surface area contributed by atoms with E-state index in [2.05, 4.69) is 9.85 Å². The van der Waals surface area contributed by atoms with Gasteiger partial charge in [0, 0.05) is 5.39 Å². The van der Waals surface area contributed by atoms with Crippen LogP contribution in [0, 0.1) is 0 Å². The number of rotatable bonds is 4. The van der Waals surface area contributed by atoms with Crippen molar-refractivity contribution in [2.24, 2.45) is 0 Å². The second kappa shape index (κ2) is 4.24. The van der Waals surface area contributed by atoms with Crippen molar-refractivity contribution in [2.45, 2.75) is 0 Å². The average Bonchev–Trinajstić information content (AvgIpc) is 2.62. The molecule has 0 aliphatic carbocycles. The molecule has 0 fully saturated rings. The van der Waals surface area contributed by atoms with Crippen LogP contribution in [0.5, 0.6) is 0 Å². The van der Waals surface area contributed by atoms with Crippen LogP contribution in [-0.4, -0.2) is 22.1 Å². The lowest BCUT2D eigenvalue weighted by atomic mass is 10.3. The van der Waals surface area contributed by atoms with Gasteiger partial charge in [-0.1, -0.05) is 12.1 Å². The molecule has 0 spiro atoms. The van der Waals surface area contributed by atoms with E-state index in [0.29, 0.717) is 5.82 Å². The summed E-state index contributed by atoms with van der Waals surface area (Å²) in [5, 5.41) is 9.30. The van der Waals surface area contributed by atoms with Crippen molar-refractivity contribution in [3.63, 3.8) is 0 Å². The molecule has 78 valence electrons. The van der Waals surface area contributed by atoms with Gasteiger partial charge in [0.05, 0.1) is 4.70 Å². The van der Waals surface area contributed by atoms with Crippen LogP contribution in [0.3, 0.4) is 0 Å². The van der Waals surface area contributed by atoms with Crippen LogP contribution in [0.2, 0.25) is 0 Å². The van der Waals surface area contributed by atoms with Crippen molar-refractivity contribution in [2.75, 3.05) is 12.1 Å². The molecule has 0 bridgehead atoms. The maximum Gasteiger partial charge on any atom is 0.332 e. The Morgan fingerprint density at radius 3 is 3.13 bits per heavy atom. The maximum atomic E-state index is 10.2. The molecule has 5 nitrogen and oxygen atoms in total. The van der Waals surface area contributed by atoms with Crippen molar-refractivity contribution in [1.29, 1.82) is 0 Å². The molecule has 1 aromatic carbocycles. The number of aliphatic carboxylic acids is 1. The van der Waals surface area contributed by atoms with Crippen molar-refractivity contribution in [1.82, 2.24) is 4.37 Å². The number of carboxylic acids is 1. The Hall–Kier alpha value is -1.66. The van der Waals surface area contributed by atoms with Gasteiger partial charge in [-0.25, -0.2) is 10.3 Å². The van der Waals surface area contributed by atoms with Gasteiger partial charge in [0.2, 0.25) is 0 Å². The van der Waals surface area contributed by atoms with E-state index in [1.807, 2.05) is 24.3 Å². The quantitative estimate of drug-likeness (QED) is 0.774. The average molecular weight is 224 g/mol. The lowest BCUT2D eigenvalue weighted by Crippen LogP contribution is -2.11. The van der Waals surface area contributed by atoms with Gasteiger partial charge in [0.15, 0.2) is 12.4 Å². The molecule has 0 unspecified atom stereocenters. The monoisotopic (exact) mass is 224 g/mol. The summed E-state index contributed by atoms with van der Waals surface area (Å²) in [5.41, 5.74) is 2.52. The topological polar surface area (TPSA) is 71.5 Å². The third-order valence-electron chi connectivity index (χ3n) is 1.74. The van der Waals surface area contributed by atoms with E-state index in [-0.39, 0.29) is 0 Å². The summed E-state index contributed by atoms with van der Waals surface area (Å²) in [6.07, 6.45) is 0. The van der Waals surface area contributed by atoms with E-state index in [9.17, 15) is 4.79 Å². The second-order valence-electron chi connectivity index (χ2n) is 2.81. The first-order valence-electron chi connectivity index (χ1n) is 4.21.